The molecule has 15 nitrogen and oxygen atoms in total. The minimum Gasteiger partial charge on any atom is -0.475 e. The van der Waals surface area contributed by atoms with Crippen molar-refractivity contribution in [2.45, 2.75) is 117 Å². The number of hydrogen-bond acceptors (Lipinski definition) is 12. The summed E-state index contributed by atoms with van der Waals surface area (Å²) in [6.07, 6.45) is -10.2. The third-order valence-electron chi connectivity index (χ3n) is 7.17. The second-order valence-electron chi connectivity index (χ2n) is 15.4. The number of aliphatic carboxylic acids is 1. The molecule has 55 heavy (non-hydrogen) atoms. The molecule has 21 heteroatoms. The summed E-state index contributed by atoms with van der Waals surface area (Å²) in [5, 5.41) is 7.12. The molecule has 4 heterocycles. The number of carbonyl (C=O) groups excluding carboxylic acids is 3. The van der Waals surface area contributed by atoms with Gasteiger partial charge < -0.3 is 33.9 Å². The molecule has 4 rings (SSSR count). The first-order valence-corrected chi connectivity index (χ1v) is 16.8. The standard InChI is InChI=1S/C32H43F3N6O7.C2HF3O2/c1-29(2,3)46-26(42)40-12-10-20(16-40)45-25-21-17-39(13-11-23(21)37-18-38-25)19-14-22(32(33,34)35)24(36-15-19)41(27(43)47-30(4,5)6)28(44)48-31(7,8)9;3-2(4,5)1(6)7/h14-15,18,20H,10-13,16-17H2,1-9H3;(H,6,7)/t20-;/m0./s1. The van der Waals surface area contributed by atoms with Gasteiger partial charge in [0.1, 0.15) is 34.8 Å². The highest BCUT2D eigenvalue weighted by atomic mass is 19.4. The van der Waals surface area contributed by atoms with E-state index in [1.54, 1.807) is 30.6 Å². The predicted molar refractivity (Wildman–Crippen MR) is 182 cm³/mol. The first-order chi connectivity index (χ1) is 24.9. The highest BCUT2D eigenvalue weighted by Gasteiger charge is 2.43. The zero-order valence-corrected chi connectivity index (χ0v) is 31.7. The molecule has 2 aromatic rings. The smallest absolute Gasteiger partial charge is 0.475 e. The van der Waals surface area contributed by atoms with Crippen LogP contribution in [0.25, 0.3) is 0 Å². The van der Waals surface area contributed by atoms with Crippen LogP contribution in [0, 0.1) is 0 Å². The summed E-state index contributed by atoms with van der Waals surface area (Å²) < 4.78 is 97.7. The molecule has 0 bridgehead atoms. The summed E-state index contributed by atoms with van der Waals surface area (Å²) in [5.41, 5.74) is -2.90. The molecule has 1 atom stereocenters. The van der Waals surface area contributed by atoms with Gasteiger partial charge in [0.05, 0.1) is 36.2 Å². The number of carbonyl (C=O) groups is 4. The Balaban J connectivity index is 0.00000106. The molecule has 2 aromatic heterocycles. The summed E-state index contributed by atoms with van der Waals surface area (Å²) in [6.45, 7) is 15.5. The summed E-state index contributed by atoms with van der Waals surface area (Å²) in [7, 11) is 0. The molecule has 2 aliphatic rings. The van der Waals surface area contributed by atoms with E-state index in [1.165, 1.54) is 47.9 Å². The van der Waals surface area contributed by atoms with E-state index >= 15 is 0 Å². The number of aromatic nitrogens is 3. The Hall–Kier alpha value is -5.11. The largest absolute Gasteiger partial charge is 0.490 e. The van der Waals surface area contributed by atoms with Crippen LogP contribution in [0.2, 0.25) is 0 Å². The topological polar surface area (TPSA) is 174 Å². The third kappa shape index (κ3) is 13.0. The molecule has 0 radical (unpaired) electrons. The molecule has 0 unspecified atom stereocenters. The quantitative estimate of drug-likeness (QED) is 0.244. The average Bonchev–Trinajstić information content (AvgIpc) is 3.47. The molecule has 0 aromatic carbocycles. The Bertz CT molecular complexity index is 1710. The molecule has 0 saturated carbocycles. The van der Waals surface area contributed by atoms with Gasteiger partial charge in [-0.2, -0.15) is 31.2 Å². The van der Waals surface area contributed by atoms with Crippen LogP contribution in [0.4, 0.5) is 52.2 Å². The van der Waals surface area contributed by atoms with Crippen molar-refractivity contribution in [3.63, 3.8) is 0 Å². The summed E-state index contributed by atoms with van der Waals surface area (Å²) in [6, 6.07) is 0.828. The van der Waals surface area contributed by atoms with Gasteiger partial charge in [-0.3, -0.25) is 0 Å². The third-order valence-corrected chi connectivity index (χ3v) is 7.17. The van der Waals surface area contributed by atoms with Crippen molar-refractivity contribution >= 4 is 35.8 Å². The molecule has 0 aliphatic carbocycles. The number of nitrogens with zero attached hydrogens (tertiary/aromatic N) is 6. The fraction of sp³-hybridized carbons (Fsp3) is 0.618. The second kappa shape index (κ2) is 16.3. The van der Waals surface area contributed by atoms with Crippen LogP contribution in [0.3, 0.4) is 0 Å². The van der Waals surface area contributed by atoms with E-state index in [9.17, 15) is 40.7 Å². The van der Waals surface area contributed by atoms with Gasteiger partial charge in [-0.15, -0.1) is 0 Å². The Morgan fingerprint density at radius 1 is 0.818 bits per heavy atom. The van der Waals surface area contributed by atoms with Crippen molar-refractivity contribution in [1.82, 2.24) is 19.9 Å². The van der Waals surface area contributed by atoms with Crippen LogP contribution in [-0.2, 0) is 38.1 Å². The van der Waals surface area contributed by atoms with Crippen LogP contribution in [-0.4, -0.2) is 97.9 Å². The number of rotatable bonds is 4. The van der Waals surface area contributed by atoms with Gasteiger partial charge in [0, 0.05) is 25.9 Å². The van der Waals surface area contributed by atoms with Crippen LogP contribution in [0.15, 0.2) is 18.6 Å². The fourth-order valence-corrected chi connectivity index (χ4v) is 4.98. The number of anilines is 2. The number of amides is 3. The lowest BCUT2D eigenvalue weighted by atomic mass is 10.1. The number of imide groups is 1. The lowest BCUT2D eigenvalue weighted by molar-refractivity contribution is -0.192. The molecule has 0 spiro atoms. The van der Waals surface area contributed by atoms with Crippen LogP contribution < -0.4 is 14.5 Å². The number of halogens is 6. The lowest BCUT2D eigenvalue weighted by Crippen LogP contribution is -2.45. The number of carboxylic acids is 1. The van der Waals surface area contributed by atoms with Crippen molar-refractivity contribution in [2.75, 3.05) is 29.4 Å². The van der Waals surface area contributed by atoms with E-state index in [0.717, 1.165) is 12.3 Å². The zero-order chi connectivity index (χ0) is 41.9. The number of carboxylic acid groups (broad SMARTS) is 1. The Morgan fingerprint density at radius 3 is 1.85 bits per heavy atom. The molecular formula is C34H44F6N6O9. The predicted octanol–water partition coefficient (Wildman–Crippen LogP) is 7.15. The van der Waals surface area contributed by atoms with E-state index in [4.69, 9.17) is 28.8 Å². The number of fused-ring (bicyclic) bond motifs is 1. The first-order valence-electron chi connectivity index (χ1n) is 16.8. The van der Waals surface area contributed by atoms with Crippen molar-refractivity contribution in [3.8, 4) is 5.88 Å². The van der Waals surface area contributed by atoms with Gasteiger partial charge in [-0.05, 0) is 68.4 Å². The lowest BCUT2D eigenvalue weighted by Gasteiger charge is -2.32. The monoisotopic (exact) mass is 794 g/mol. The molecule has 306 valence electrons. The van der Waals surface area contributed by atoms with Gasteiger partial charge in [0.2, 0.25) is 5.88 Å². The number of pyridine rings is 1. The molecule has 1 N–H and O–H groups in total. The normalized spacial score (nSPS) is 16.3. The number of alkyl halides is 6. The van der Waals surface area contributed by atoms with Crippen molar-refractivity contribution in [1.29, 1.82) is 0 Å². The van der Waals surface area contributed by atoms with Crippen molar-refractivity contribution < 1.29 is 69.6 Å². The first kappa shape index (κ1) is 44.3. The fourth-order valence-electron chi connectivity index (χ4n) is 4.98. The maximum atomic E-state index is 14.6. The van der Waals surface area contributed by atoms with Crippen LogP contribution in [0.1, 0.15) is 85.6 Å². The summed E-state index contributed by atoms with van der Waals surface area (Å²) in [4.78, 5) is 63.7. The van der Waals surface area contributed by atoms with Gasteiger partial charge in [0.25, 0.3) is 0 Å². The van der Waals surface area contributed by atoms with Gasteiger partial charge in [0.15, 0.2) is 5.82 Å². The summed E-state index contributed by atoms with van der Waals surface area (Å²) in [5.74, 6) is -3.47. The minimum atomic E-state index is -5.08. The van der Waals surface area contributed by atoms with Crippen molar-refractivity contribution in [2.24, 2.45) is 0 Å². The Labute approximate surface area is 312 Å². The molecule has 1 fully saturated rings. The Kier molecular flexibility index (Phi) is 13.1. The van der Waals surface area contributed by atoms with E-state index in [2.05, 4.69) is 15.0 Å². The highest BCUT2D eigenvalue weighted by Crippen LogP contribution is 2.40. The molecule has 3 amide bonds. The van der Waals surface area contributed by atoms with E-state index in [0.29, 0.717) is 37.2 Å². The zero-order valence-electron chi connectivity index (χ0n) is 31.7. The van der Waals surface area contributed by atoms with Gasteiger partial charge >= 0.3 is 36.6 Å². The van der Waals surface area contributed by atoms with Gasteiger partial charge in [-0.25, -0.2) is 34.1 Å². The summed E-state index contributed by atoms with van der Waals surface area (Å²) >= 11 is 0. The average molecular weight is 795 g/mol. The van der Waals surface area contributed by atoms with E-state index < -0.39 is 64.8 Å². The number of ether oxygens (including phenoxy) is 4. The molecule has 1 saturated heterocycles. The number of likely N-dealkylation sites (tertiary alicyclic amines) is 1. The molecule has 2 aliphatic heterocycles. The van der Waals surface area contributed by atoms with Gasteiger partial charge in [-0.1, -0.05) is 0 Å². The van der Waals surface area contributed by atoms with E-state index in [1.807, 2.05) is 0 Å². The van der Waals surface area contributed by atoms with Crippen molar-refractivity contribution in [3.05, 3.63) is 35.4 Å². The maximum absolute atomic E-state index is 14.6. The highest BCUT2D eigenvalue weighted by molar-refractivity contribution is 6.09. The maximum Gasteiger partial charge on any atom is 0.490 e. The van der Waals surface area contributed by atoms with Crippen LogP contribution >= 0.6 is 0 Å². The SMILES string of the molecule is CC(C)(C)OC(=O)N1CC[C@H](Oc2ncnc3c2CN(c2cnc(N(C(=O)OC(C)(C)C)C(=O)OC(C)(C)C)c(C(F)(F)F)c2)CC3)C1.O=C(O)C(F)(F)F. The minimum absolute atomic E-state index is 0.0804. The van der Waals surface area contributed by atoms with Crippen LogP contribution in [0.5, 0.6) is 5.88 Å². The molecular weight excluding hydrogens is 750 g/mol. The number of hydrogen-bond donors (Lipinski definition) is 1. The second-order valence-corrected chi connectivity index (χ2v) is 15.4. The Morgan fingerprint density at radius 2 is 1.36 bits per heavy atom. The van der Waals surface area contributed by atoms with E-state index in [-0.39, 0.29) is 35.7 Å².